The minimum absolute atomic E-state index is 0.0331. The molecule has 2 rings (SSSR count). The second kappa shape index (κ2) is 5.52. The Bertz CT molecular complexity index is 590. The average Bonchev–Trinajstić information content (AvgIpc) is 2.39. The Morgan fingerprint density at radius 2 is 2.17 bits per heavy atom. The smallest absolute Gasteiger partial charge is 0.144 e. The first-order chi connectivity index (χ1) is 8.70. The summed E-state index contributed by atoms with van der Waals surface area (Å²) in [4.78, 5) is 4.17. The van der Waals surface area contributed by atoms with Crippen LogP contribution in [-0.2, 0) is 0 Å². The standard InChI is InChI=1S/C14H12ClN3/c1-10(11-4-2-6-13(15)8-11)18-14-12(9-16)5-3-7-17-14/h2-8,10H,1H3,(H,17,18). The van der Waals surface area contributed by atoms with E-state index in [-0.39, 0.29) is 6.04 Å². The van der Waals surface area contributed by atoms with Gasteiger partial charge < -0.3 is 5.32 Å². The maximum absolute atomic E-state index is 8.99. The lowest BCUT2D eigenvalue weighted by Gasteiger charge is -2.15. The highest BCUT2D eigenvalue weighted by Crippen LogP contribution is 2.22. The van der Waals surface area contributed by atoms with Gasteiger partial charge in [-0.2, -0.15) is 5.26 Å². The lowest BCUT2D eigenvalue weighted by Crippen LogP contribution is -2.09. The number of benzene rings is 1. The number of pyridine rings is 1. The van der Waals surface area contributed by atoms with Gasteiger partial charge in [-0.25, -0.2) is 4.98 Å². The van der Waals surface area contributed by atoms with Crippen LogP contribution in [0.3, 0.4) is 0 Å². The Morgan fingerprint density at radius 1 is 1.33 bits per heavy atom. The van der Waals surface area contributed by atoms with Gasteiger partial charge in [0.05, 0.1) is 11.6 Å². The number of halogens is 1. The molecule has 0 aliphatic rings. The summed E-state index contributed by atoms with van der Waals surface area (Å²) in [6.07, 6.45) is 1.66. The number of nitriles is 1. The van der Waals surface area contributed by atoms with Crippen molar-refractivity contribution >= 4 is 17.4 Å². The van der Waals surface area contributed by atoms with Gasteiger partial charge in [-0.05, 0) is 36.8 Å². The summed E-state index contributed by atoms with van der Waals surface area (Å²) in [5.74, 6) is 0.590. The SMILES string of the molecule is CC(Nc1ncccc1C#N)c1cccc(Cl)c1. The van der Waals surface area contributed by atoms with Crippen LogP contribution in [0.4, 0.5) is 5.82 Å². The van der Waals surface area contributed by atoms with E-state index in [0.717, 1.165) is 5.56 Å². The average molecular weight is 258 g/mol. The van der Waals surface area contributed by atoms with Crippen molar-refractivity contribution < 1.29 is 0 Å². The predicted octanol–water partition coefficient (Wildman–Crippen LogP) is 3.78. The van der Waals surface area contributed by atoms with E-state index >= 15 is 0 Å². The minimum Gasteiger partial charge on any atom is -0.362 e. The molecule has 1 aromatic carbocycles. The van der Waals surface area contributed by atoms with Gasteiger partial charge in [0, 0.05) is 11.2 Å². The highest BCUT2D eigenvalue weighted by atomic mass is 35.5. The zero-order chi connectivity index (χ0) is 13.0. The third-order valence-electron chi connectivity index (χ3n) is 2.63. The first-order valence-electron chi connectivity index (χ1n) is 5.58. The van der Waals surface area contributed by atoms with Crippen LogP contribution in [-0.4, -0.2) is 4.98 Å². The molecule has 4 heteroatoms. The fourth-order valence-electron chi connectivity index (χ4n) is 1.67. The van der Waals surface area contributed by atoms with Crippen LogP contribution < -0.4 is 5.32 Å². The summed E-state index contributed by atoms with van der Waals surface area (Å²) < 4.78 is 0. The van der Waals surface area contributed by atoms with Crippen molar-refractivity contribution in [3.8, 4) is 6.07 Å². The molecule has 90 valence electrons. The Labute approximate surface area is 111 Å². The van der Waals surface area contributed by atoms with E-state index in [4.69, 9.17) is 16.9 Å². The first kappa shape index (κ1) is 12.4. The fourth-order valence-corrected chi connectivity index (χ4v) is 1.87. The van der Waals surface area contributed by atoms with Gasteiger partial charge >= 0.3 is 0 Å². The Balaban J connectivity index is 2.22. The van der Waals surface area contributed by atoms with Gasteiger partial charge in [0.1, 0.15) is 11.9 Å². The molecule has 1 N–H and O–H groups in total. The Hall–Kier alpha value is -2.05. The molecule has 2 aromatic rings. The van der Waals surface area contributed by atoms with Crippen molar-refractivity contribution in [3.63, 3.8) is 0 Å². The molecular formula is C14H12ClN3. The maximum atomic E-state index is 8.99. The zero-order valence-corrected chi connectivity index (χ0v) is 10.6. The predicted molar refractivity (Wildman–Crippen MR) is 72.4 cm³/mol. The molecule has 1 aromatic heterocycles. The van der Waals surface area contributed by atoms with Gasteiger partial charge in [0.2, 0.25) is 0 Å². The molecule has 0 fully saturated rings. The third-order valence-corrected chi connectivity index (χ3v) is 2.87. The minimum atomic E-state index is 0.0331. The van der Waals surface area contributed by atoms with Gasteiger partial charge in [-0.15, -0.1) is 0 Å². The molecule has 1 atom stereocenters. The molecule has 0 bridgehead atoms. The number of nitrogens with one attached hydrogen (secondary N) is 1. The molecule has 1 heterocycles. The lowest BCUT2D eigenvalue weighted by molar-refractivity contribution is 0.873. The van der Waals surface area contributed by atoms with Crippen LogP contribution in [0, 0.1) is 11.3 Å². The van der Waals surface area contributed by atoms with Gasteiger partial charge in [0.25, 0.3) is 0 Å². The van der Waals surface area contributed by atoms with Crippen LogP contribution in [0.2, 0.25) is 5.02 Å². The molecule has 3 nitrogen and oxygen atoms in total. The van der Waals surface area contributed by atoms with Crippen molar-refractivity contribution in [1.29, 1.82) is 5.26 Å². The van der Waals surface area contributed by atoms with E-state index in [2.05, 4.69) is 16.4 Å². The van der Waals surface area contributed by atoms with Crippen LogP contribution in [0.25, 0.3) is 0 Å². The number of rotatable bonds is 3. The summed E-state index contributed by atoms with van der Waals surface area (Å²) in [5.41, 5.74) is 1.59. The van der Waals surface area contributed by atoms with E-state index in [0.29, 0.717) is 16.4 Å². The lowest BCUT2D eigenvalue weighted by atomic mass is 10.1. The maximum Gasteiger partial charge on any atom is 0.144 e. The number of nitrogens with zero attached hydrogens (tertiary/aromatic N) is 2. The number of hydrogen-bond acceptors (Lipinski definition) is 3. The van der Waals surface area contributed by atoms with Gasteiger partial charge in [-0.1, -0.05) is 23.7 Å². The van der Waals surface area contributed by atoms with Crippen molar-refractivity contribution in [3.05, 3.63) is 58.7 Å². The first-order valence-corrected chi connectivity index (χ1v) is 5.95. The molecule has 0 aliphatic heterocycles. The van der Waals surface area contributed by atoms with Crippen LogP contribution in [0.1, 0.15) is 24.1 Å². The summed E-state index contributed by atoms with van der Waals surface area (Å²) >= 11 is 5.95. The van der Waals surface area contributed by atoms with E-state index in [1.54, 1.807) is 18.3 Å². The number of anilines is 1. The molecule has 18 heavy (non-hydrogen) atoms. The number of hydrogen-bond donors (Lipinski definition) is 1. The highest BCUT2D eigenvalue weighted by molar-refractivity contribution is 6.30. The molecular weight excluding hydrogens is 246 g/mol. The Morgan fingerprint density at radius 3 is 2.89 bits per heavy atom. The highest BCUT2D eigenvalue weighted by Gasteiger charge is 2.09. The fraction of sp³-hybridized carbons (Fsp3) is 0.143. The van der Waals surface area contributed by atoms with Crippen molar-refractivity contribution in [2.45, 2.75) is 13.0 Å². The van der Waals surface area contributed by atoms with Crippen molar-refractivity contribution in [2.75, 3.05) is 5.32 Å². The summed E-state index contributed by atoms with van der Waals surface area (Å²) in [6, 6.07) is 13.2. The number of aromatic nitrogens is 1. The van der Waals surface area contributed by atoms with E-state index in [1.165, 1.54) is 0 Å². The second-order valence-corrected chi connectivity index (χ2v) is 4.37. The molecule has 0 aliphatic carbocycles. The second-order valence-electron chi connectivity index (χ2n) is 3.93. The van der Waals surface area contributed by atoms with Crippen molar-refractivity contribution in [1.82, 2.24) is 4.98 Å². The van der Waals surface area contributed by atoms with Crippen LogP contribution in [0.5, 0.6) is 0 Å². The molecule has 0 saturated carbocycles. The van der Waals surface area contributed by atoms with Crippen LogP contribution in [0.15, 0.2) is 42.6 Å². The summed E-state index contributed by atoms with van der Waals surface area (Å²) in [6.45, 7) is 2.00. The van der Waals surface area contributed by atoms with E-state index in [9.17, 15) is 0 Å². The molecule has 0 spiro atoms. The third kappa shape index (κ3) is 2.79. The summed E-state index contributed by atoms with van der Waals surface area (Å²) in [5, 5.41) is 12.9. The largest absolute Gasteiger partial charge is 0.362 e. The Kier molecular flexibility index (Phi) is 3.81. The molecule has 0 saturated heterocycles. The molecule has 0 amide bonds. The molecule has 1 unspecified atom stereocenters. The topological polar surface area (TPSA) is 48.7 Å². The van der Waals surface area contributed by atoms with Crippen molar-refractivity contribution in [2.24, 2.45) is 0 Å². The normalized spacial score (nSPS) is 11.6. The quantitative estimate of drug-likeness (QED) is 0.910. The van der Waals surface area contributed by atoms with Gasteiger partial charge in [0.15, 0.2) is 0 Å². The summed E-state index contributed by atoms with van der Waals surface area (Å²) in [7, 11) is 0. The van der Waals surface area contributed by atoms with Gasteiger partial charge in [-0.3, -0.25) is 0 Å². The van der Waals surface area contributed by atoms with E-state index in [1.807, 2.05) is 31.2 Å². The van der Waals surface area contributed by atoms with Crippen LogP contribution >= 0.6 is 11.6 Å². The monoisotopic (exact) mass is 257 g/mol. The molecule has 0 radical (unpaired) electrons. The van der Waals surface area contributed by atoms with E-state index < -0.39 is 0 Å². The zero-order valence-electron chi connectivity index (χ0n) is 9.89.